The van der Waals surface area contributed by atoms with Gasteiger partial charge >= 0.3 is 5.97 Å². The molecule has 49 heavy (non-hydrogen) atoms. The molecule has 0 spiro atoms. The Labute approximate surface area is 295 Å². The lowest BCUT2D eigenvalue weighted by molar-refractivity contribution is -0.144. The predicted octanol–water partition coefficient (Wildman–Crippen LogP) is 6.61. The van der Waals surface area contributed by atoms with Gasteiger partial charge in [-0.05, 0) is 37.9 Å². The van der Waals surface area contributed by atoms with Crippen molar-refractivity contribution in [2.45, 2.75) is 57.3 Å². The Hall–Kier alpha value is -4.22. The van der Waals surface area contributed by atoms with E-state index >= 15 is 0 Å². The second-order valence-corrected chi connectivity index (χ2v) is 13.1. The number of hydrogen-bond acceptors (Lipinski definition) is 8. The van der Waals surface area contributed by atoms with Crippen molar-refractivity contribution in [1.82, 2.24) is 25.5 Å². The number of aromatic nitrogens is 2. The average molecular weight is 705 g/mol. The number of amides is 1. The summed E-state index contributed by atoms with van der Waals surface area (Å²) >= 11 is 14.2. The van der Waals surface area contributed by atoms with E-state index in [1.165, 1.54) is 0 Å². The van der Waals surface area contributed by atoms with Crippen LogP contribution in [0.15, 0.2) is 60.7 Å². The fourth-order valence-electron chi connectivity index (χ4n) is 6.61. The highest BCUT2D eigenvalue weighted by Gasteiger charge is 2.29. The number of carbonyl (C=O) groups excluding carboxylic acids is 1. The molecule has 2 saturated heterocycles. The molecular weight excluding hydrogens is 665 g/mol. The lowest BCUT2D eigenvalue weighted by atomic mass is 9.98. The van der Waals surface area contributed by atoms with Crippen LogP contribution >= 0.6 is 23.2 Å². The van der Waals surface area contributed by atoms with Crippen LogP contribution in [0.2, 0.25) is 10.0 Å². The molecule has 10 nitrogen and oxygen atoms in total. The van der Waals surface area contributed by atoms with Gasteiger partial charge in [-0.1, -0.05) is 78.2 Å². The predicted molar refractivity (Wildman–Crippen MR) is 190 cm³/mol. The molecule has 1 amide bonds. The summed E-state index contributed by atoms with van der Waals surface area (Å²) in [5, 5.41) is 17.1. The zero-order valence-electron chi connectivity index (χ0n) is 27.5. The van der Waals surface area contributed by atoms with E-state index in [0.717, 1.165) is 47.1 Å². The van der Waals surface area contributed by atoms with E-state index in [1.54, 1.807) is 14.2 Å². The average Bonchev–Trinajstić information content (AvgIpc) is 3.53. The number of rotatable bonds is 12. The second-order valence-electron chi connectivity index (χ2n) is 12.3. The van der Waals surface area contributed by atoms with E-state index in [9.17, 15) is 14.7 Å². The van der Waals surface area contributed by atoms with Crippen LogP contribution in [0.4, 0.5) is 0 Å². The van der Waals surface area contributed by atoms with Crippen molar-refractivity contribution in [2.24, 2.45) is 0 Å². The molecule has 2 aliphatic heterocycles. The fraction of sp³-hybridized carbons (Fsp3) is 0.351. The molecule has 2 aliphatic rings. The first kappa shape index (κ1) is 34.6. The van der Waals surface area contributed by atoms with Gasteiger partial charge in [0.2, 0.25) is 17.7 Å². The first-order valence-electron chi connectivity index (χ1n) is 16.4. The topological polar surface area (TPSA) is 126 Å². The quantitative estimate of drug-likeness (QED) is 0.149. The van der Waals surface area contributed by atoms with E-state index < -0.39 is 12.0 Å². The van der Waals surface area contributed by atoms with Crippen LogP contribution in [-0.4, -0.2) is 71.2 Å². The Bertz CT molecular complexity index is 1850. The van der Waals surface area contributed by atoms with E-state index in [4.69, 9.17) is 42.6 Å². The van der Waals surface area contributed by atoms with Gasteiger partial charge in [-0.15, -0.1) is 0 Å². The highest BCUT2D eigenvalue weighted by molar-refractivity contribution is 6.39. The van der Waals surface area contributed by atoms with Gasteiger partial charge in [-0.2, -0.15) is 0 Å². The van der Waals surface area contributed by atoms with Crippen molar-refractivity contribution in [2.75, 3.05) is 27.3 Å². The number of nitrogens with one attached hydrogen (secondary N) is 2. The monoisotopic (exact) mass is 703 g/mol. The molecule has 0 unspecified atom stereocenters. The maximum Gasteiger partial charge on any atom is 0.320 e. The van der Waals surface area contributed by atoms with Gasteiger partial charge in [0.15, 0.2) is 0 Å². The summed E-state index contributed by atoms with van der Waals surface area (Å²) < 4.78 is 11.3. The first-order valence-corrected chi connectivity index (χ1v) is 17.2. The summed E-state index contributed by atoms with van der Waals surface area (Å²) in [4.78, 5) is 34.9. The minimum Gasteiger partial charge on any atom is -0.481 e. The largest absolute Gasteiger partial charge is 0.481 e. The van der Waals surface area contributed by atoms with Crippen LogP contribution in [0.25, 0.3) is 33.6 Å². The maximum atomic E-state index is 11.8. The third kappa shape index (κ3) is 7.68. The lowest BCUT2D eigenvalue weighted by Gasteiger charge is -2.33. The summed E-state index contributed by atoms with van der Waals surface area (Å²) in [6.45, 7) is 2.35. The van der Waals surface area contributed by atoms with Gasteiger partial charge in [0.1, 0.15) is 6.04 Å². The summed E-state index contributed by atoms with van der Waals surface area (Å²) in [6, 6.07) is 18.8. The summed E-state index contributed by atoms with van der Waals surface area (Å²) in [5.41, 5.74) is 5.90. The molecule has 256 valence electrons. The molecule has 4 heterocycles. The van der Waals surface area contributed by atoms with Crippen LogP contribution < -0.4 is 20.1 Å². The number of carboxylic acid groups (broad SMARTS) is 1. The minimum absolute atomic E-state index is 0.0929. The number of methoxy groups -OCH3 is 2. The van der Waals surface area contributed by atoms with Crippen molar-refractivity contribution < 1.29 is 24.2 Å². The van der Waals surface area contributed by atoms with Gasteiger partial charge in [0.05, 0.1) is 35.7 Å². The van der Waals surface area contributed by atoms with Crippen molar-refractivity contribution in [3.8, 4) is 45.4 Å². The molecule has 0 bridgehead atoms. The van der Waals surface area contributed by atoms with E-state index in [0.29, 0.717) is 77.8 Å². The third-order valence-corrected chi connectivity index (χ3v) is 9.98. The number of benzene rings is 2. The Balaban J connectivity index is 1.24. The molecule has 6 rings (SSSR count). The van der Waals surface area contributed by atoms with Gasteiger partial charge < -0.3 is 25.2 Å². The first-order chi connectivity index (χ1) is 23.8. The number of likely N-dealkylation sites (tertiary alicyclic amines) is 1. The normalized spacial score (nSPS) is 17.9. The number of ether oxygens (including phenoxy) is 2. The number of piperidine rings is 1. The number of aliphatic carboxylic acids is 1. The van der Waals surface area contributed by atoms with Crippen LogP contribution in [-0.2, 0) is 22.7 Å². The molecule has 12 heteroatoms. The van der Waals surface area contributed by atoms with Crippen molar-refractivity contribution in [1.29, 1.82) is 0 Å². The molecule has 2 atom stereocenters. The van der Waals surface area contributed by atoms with Gasteiger partial charge in [0, 0.05) is 65.5 Å². The molecule has 2 fully saturated rings. The molecule has 4 aromatic rings. The fourth-order valence-corrected chi connectivity index (χ4v) is 7.26. The van der Waals surface area contributed by atoms with Gasteiger partial charge in [-0.3, -0.25) is 14.5 Å². The number of pyridine rings is 2. The minimum atomic E-state index is -0.804. The Morgan fingerprint density at radius 2 is 1.47 bits per heavy atom. The van der Waals surface area contributed by atoms with Crippen LogP contribution in [0.3, 0.4) is 0 Å². The zero-order chi connectivity index (χ0) is 34.5. The molecule has 0 radical (unpaired) electrons. The summed E-state index contributed by atoms with van der Waals surface area (Å²) in [5.74, 6) is 0.208. The van der Waals surface area contributed by atoms with E-state index in [1.807, 2.05) is 65.6 Å². The Morgan fingerprint density at radius 1 is 0.878 bits per heavy atom. The highest BCUT2D eigenvalue weighted by Crippen LogP contribution is 2.42. The van der Waals surface area contributed by atoms with Crippen LogP contribution in [0.1, 0.15) is 43.2 Å². The number of carboxylic acids is 1. The van der Waals surface area contributed by atoms with Gasteiger partial charge in [-0.25, -0.2) is 9.97 Å². The van der Waals surface area contributed by atoms with Gasteiger partial charge in [0.25, 0.3) is 0 Å². The maximum absolute atomic E-state index is 11.8. The molecular formula is C37H39Cl2N5O5. The van der Waals surface area contributed by atoms with Crippen molar-refractivity contribution in [3.05, 3.63) is 81.8 Å². The summed E-state index contributed by atoms with van der Waals surface area (Å²) in [6.07, 6.45) is 3.89. The SMILES string of the molecule is COc1nc(-c2cccc(-c3cccc(-c4ccc(CN5CCCC[C@@H]5C(=O)O)c(OC)n4)c3Cl)c2Cl)ccc1CNC[C@@H]1CCC(=O)N1. The molecule has 3 N–H and O–H groups in total. The van der Waals surface area contributed by atoms with Crippen LogP contribution in [0, 0.1) is 0 Å². The molecule has 2 aromatic heterocycles. The highest BCUT2D eigenvalue weighted by atomic mass is 35.5. The standard InChI is InChI=1S/C37H39Cl2N5O5/c1-48-35-22(19-40-20-24-14-17-32(45)41-24)12-15-29(42-35)27-9-5-7-25(33(27)38)26-8-6-10-28(34(26)39)30-16-13-23(36(43-30)49-2)21-44-18-4-3-11-31(44)37(46)47/h5-10,12-13,15-16,24,31,40H,3-4,11,14,17-21H2,1-2H3,(H,41,45)(H,46,47)/t24-,31+/m0/s1. The number of nitrogens with zero attached hydrogens (tertiary/aromatic N) is 3. The smallest absolute Gasteiger partial charge is 0.320 e. The molecule has 0 aliphatic carbocycles. The number of carbonyl (C=O) groups is 2. The summed E-state index contributed by atoms with van der Waals surface area (Å²) in [7, 11) is 3.15. The van der Waals surface area contributed by atoms with Crippen LogP contribution in [0.5, 0.6) is 11.8 Å². The zero-order valence-corrected chi connectivity index (χ0v) is 29.0. The molecule has 2 aromatic carbocycles. The van der Waals surface area contributed by atoms with E-state index in [-0.39, 0.29) is 11.9 Å². The second kappa shape index (κ2) is 15.6. The Kier molecular flexibility index (Phi) is 11.0. The number of halogens is 2. The number of hydrogen-bond donors (Lipinski definition) is 3. The lowest BCUT2D eigenvalue weighted by Crippen LogP contribution is -2.44. The van der Waals surface area contributed by atoms with Crippen molar-refractivity contribution in [3.63, 3.8) is 0 Å². The third-order valence-electron chi connectivity index (χ3n) is 9.17. The van der Waals surface area contributed by atoms with E-state index in [2.05, 4.69) is 10.6 Å². The van der Waals surface area contributed by atoms with Crippen molar-refractivity contribution >= 4 is 35.1 Å². The Morgan fingerprint density at radius 3 is 2.04 bits per heavy atom. The molecule has 0 saturated carbocycles.